The number of aromatic nitrogens is 2. The highest BCUT2D eigenvalue weighted by Gasteiger charge is 2.08. The number of ether oxygens (including phenoxy) is 2. The minimum Gasteiger partial charge on any atom is -0.429 e. The van der Waals surface area contributed by atoms with Gasteiger partial charge in [0, 0.05) is 24.7 Å². The second-order valence-corrected chi connectivity index (χ2v) is 6.60. The van der Waals surface area contributed by atoms with E-state index >= 15 is 0 Å². The number of hydrogen-bond acceptors (Lipinski definition) is 6. The molecule has 1 aromatic carbocycles. The fraction of sp³-hybridized carbons (Fsp3) is 0.333. The monoisotopic (exact) mass is 421 g/mol. The fourth-order valence-electron chi connectivity index (χ4n) is 1.37. The molecule has 1 heterocycles. The van der Waals surface area contributed by atoms with Gasteiger partial charge in [-0.25, -0.2) is 0 Å². The van der Waals surface area contributed by atoms with Crippen molar-refractivity contribution >= 4 is 43.2 Å². The molecule has 108 valence electrons. The predicted molar refractivity (Wildman–Crippen MR) is 85.4 cm³/mol. The van der Waals surface area contributed by atoms with Gasteiger partial charge in [0.05, 0.1) is 11.1 Å². The molecule has 5 nitrogen and oxygen atoms in total. The van der Waals surface area contributed by atoms with Crippen LogP contribution in [0, 0.1) is 0 Å². The molecule has 1 N–H and O–H groups in total. The summed E-state index contributed by atoms with van der Waals surface area (Å²) in [6.45, 7) is 2.12. The zero-order chi connectivity index (χ0) is 14.4. The molecule has 0 fully saturated rings. The first-order valence-corrected chi connectivity index (χ1v) is 8.24. The number of nitrogens with zero attached hydrogens (tertiary/aromatic N) is 2. The Kier molecular flexibility index (Phi) is 6.37. The standard InChI is InChI=1S/C12H13Br2N3O2S/c1-18-5-4-15-7-11-16-17-12(20-11)19-10-3-2-8(13)6-9(10)14/h2-3,6,15H,4-5,7H2,1H3. The third-order valence-electron chi connectivity index (χ3n) is 2.30. The molecule has 8 heteroatoms. The topological polar surface area (TPSA) is 56.3 Å². The molecule has 0 unspecified atom stereocenters. The van der Waals surface area contributed by atoms with Crippen molar-refractivity contribution in [2.45, 2.75) is 6.54 Å². The zero-order valence-corrected chi connectivity index (χ0v) is 14.7. The lowest BCUT2D eigenvalue weighted by atomic mass is 10.3. The fourth-order valence-corrected chi connectivity index (χ4v) is 3.17. The maximum Gasteiger partial charge on any atom is 0.299 e. The molecule has 0 radical (unpaired) electrons. The number of nitrogens with one attached hydrogen (secondary N) is 1. The molecule has 0 bridgehead atoms. The second-order valence-electron chi connectivity index (χ2n) is 3.81. The van der Waals surface area contributed by atoms with E-state index in [1.54, 1.807) is 7.11 Å². The Hall–Kier alpha value is -0.540. The first kappa shape index (κ1) is 15.8. The lowest BCUT2D eigenvalue weighted by Gasteiger charge is -2.03. The van der Waals surface area contributed by atoms with Crippen LogP contribution < -0.4 is 10.1 Å². The van der Waals surface area contributed by atoms with Crippen LogP contribution in [0.25, 0.3) is 0 Å². The summed E-state index contributed by atoms with van der Waals surface area (Å²) in [7, 11) is 1.68. The summed E-state index contributed by atoms with van der Waals surface area (Å²) >= 11 is 8.26. The quantitative estimate of drug-likeness (QED) is 0.691. The molecule has 0 aliphatic rings. The van der Waals surface area contributed by atoms with Gasteiger partial charge >= 0.3 is 0 Å². The highest BCUT2D eigenvalue weighted by Crippen LogP contribution is 2.33. The van der Waals surface area contributed by atoms with Crippen molar-refractivity contribution < 1.29 is 9.47 Å². The van der Waals surface area contributed by atoms with Crippen LogP contribution in [0.2, 0.25) is 0 Å². The van der Waals surface area contributed by atoms with Crippen molar-refractivity contribution in [2.24, 2.45) is 0 Å². The Morgan fingerprint density at radius 2 is 2.15 bits per heavy atom. The maximum atomic E-state index is 5.70. The Morgan fingerprint density at radius 1 is 1.30 bits per heavy atom. The van der Waals surface area contributed by atoms with E-state index in [1.165, 1.54) is 11.3 Å². The molecular formula is C12H13Br2N3O2S. The lowest BCUT2D eigenvalue weighted by Crippen LogP contribution is -2.18. The summed E-state index contributed by atoms with van der Waals surface area (Å²) in [6, 6.07) is 5.70. The summed E-state index contributed by atoms with van der Waals surface area (Å²) in [5.41, 5.74) is 0. The zero-order valence-electron chi connectivity index (χ0n) is 10.7. The smallest absolute Gasteiger partial charge is 0.299 e. The number of hydrogen-bond donors (Lipinski definition) is 1. The minimum absolute atomic E-state index is 0.525. The average Bonchev–Trinajstić information content (AvgIpc) is 2.86. The van der Waals surface area contributed by atoms with E-state index in [2.05, 4.69) is 47.4 Å². The van der Waals surface area contributed by atoms with E-state index in [-0.39, 0.29) is 0 Å². The molecule has 0 saturated carbocycles. The van der Waals surface area contributed by atoms with Crippen molar-refractivity contribution in [2.75, 3.05) is 20.3 Å². The van der Waals surface area contributed by atoms with Crippen molar-refractivity contribution in [3.8, 4) is 10.9 Å². The van der Waals surface area contributed by atoms with Crippen molar-refractivity contribution in [3.63, 3.8) is 0 Å². The van der Waals surface area contributed by atoms with Gasteiger partial charge in [0.2, 0.25) is 0 Å². The average molecular weight is 423 g/mol. The lowest BCUT2D eigenvalue weighted by molar-refractivity contribution is 0.199. The third-order valence-corrected chi connectivity index (χ3v) is 4.21. The van der Waals surface area contributed by atoms with Crippen LogP contribution in [-0.4, -0.2) is 30.5 Å². The first-order valence-electron chi connectivity index (χ1n) is 5.84. The molecule has 0 atom stereocenters. The van der Waals surface area contributed by atoms with Crippen LogP contribution >= 0.6 is 43.2 Å². The number of halogens is 2. The number of rotatable bonds is 7. The molecule has 0 spiro atoms. The highest BCUT2D eigenvalue weighted by molar-refractivity contribution is 9.11. The Labute approximate surface area is 138 Å². The van der Waals surface area contributed by atoms with Gasteiger partial charge in [-0.1, -0.05) is 32.4 Å². The van der Waals surface area contributed by atoms with Gasteiger partial charge in [-0.15, -0.1) is 5.10 Å². The van der Waals surface area contributed by atoms with Crippen LogP contribution in [-0.2, 0) is 11.3 Å². The molecular weight excluding hydrogens is 410 g/mol. The summed E-state index contributed by atoms with van der Waals surface area (Å²) < 4.78 is 12.5. The van der Waals surface area contributed by atoms with Gasteiger partial charge in [0.25, 0.3) is 5.19 Å². The van der Waals surface area contributed by atoms with Gasteiger partial charge < -0.3 is 14.8 Å². The summed E-state index contributed by atoms with van der Waals surface area (Å²) in [5.74, 6) is 0.711. The van der Waals surface area contributed by atoms with Gasteiger partial charge in [-0.3, -0.25) is 0 Å². The Bertz CT molecular complexity index is 565. The van der Waals surface area contributed by atoms with E-state index < -0.39 is 0 Å². The minimum atomic E-state index is 0.525. The normalized spacial score (nSPS) is 10.8. The van der Waals surface area contributed by atoms with Crippen molar-refractivity contribution in [1.82, 2.24) is 15.5 Å². The van der Waals surface area contributed by atoms with Crippen LogP contribution in [0.5, 0.6) is 10.9 Å². The Balaban J connectivity index is 1.92. The van der Waals surface area contributed by atoms with Gasteiger partial charge in [-0.05, 0) is 34.1 Å². The highest BCUT2D eigenvalue weighted by atomic mass is 79.9. The van der Waals surface area contributed by atoms with Crippen LogP contribution in [0.1, 0.15) is 5.01 Å². The van der Waals surface area contributed by atoms with Gasteiger partial charge in [-0.2, -0.15) is 0 Å². The van der Waals surface area contributed by atoms with Gasteiger partial charge in [0.1, 0.15) is 10.8 Å². The summed E-state index contributed by atoms with van der Waals surface area (Å²) in [5, 5.41) is 12.7. The van der Waals surface area contributed by atoms with E-state index in [1.807, 2.05) is 18.2 Å². The van der Waals surface area contributed by atoms with Crippen LogP contribution in [0.4, 0.5) is 0 Å². The van der Waals surface area contributed by atoms with Gasteiger partial charge in [0.15, 0.2) is 0 Å². The summed E-state index contributed by atoms with van der Waals surface area (Å²) in [6.07, 6.45) is 0. The molecule has 0 amide bonds. The molecule has 0 saturated heterocycles. The molecule has 20 heavy (non-hydrogen) atoms. The molecule has 1 aromatic heterocycles. The third kappa shape index (κ3) is 4.78. The van der Waals surface area contributed by atoms with E-state index in [0.29, 0.717) is 24.1 Å². The van der Waals surface area contributed by atoms with Crippen molar-refractivity contribution in [3.05, 3.63) is 32.2 Å². The number of methoxy groups -OCH3 is 1. The molecule has 0 aliphatic carbocycles. The largest absolute Gasteiger partial charge is 0.429 e. The van der Waals surface area contributed by atoms with E-state index in [4.69, 9.17) is 9.47 Å². The summed E-state index contributed by atoms with van der Waals surface area (Å²) in [4.78, 5) is 0. The maximum absolute atomic E-state index is 5.70. The van der Waals surface area contributed by atoms with E-state index in [9.17, 15) is 0 Å². The SMILES string of the molecule is COCCNCc1nnc(Oc2ccc(Br)cc2Br)s1. The van der Waals surface area contributed by atoms with Crippen molar-refractivity contribution in [1.29, 1.82) is 0 Å². The van der Waals surface area contributed by atoms with Crippen LogP contribution in [0.3, 0.4) is 0 Å². The molecule has 0 aliphatic heterocycles. The second kappa shape index (κ2) is 8.04. The Morgan fingerprint density at radius 3 is 2.90 bits per heavy atom. The first-order chi connectivity index (χ1) is 9.69. The number of benzene rings is 1. The molecule has 2 aromatic rings. The molecule has 2 rings (SSSR count). The predicted octanol–water partition coefficient (Wildman–Crippen LogP) is 3.59. The van der Waals surface area contributed by atoms with E-state index in [0.717, 1.165) is 20.5 Å². The van der Waals surface area contributed by atoms with Crippen LogP contribution in [0.15, 0.2) is 27.1 Å².